The summed E-state index contributed by atoms with van der Waals surface area (Å²) in [6.07, 6.45) is 1.19. The molecule has 0 atom stereocenters. The summed E-state index contributed by atoms with van der Waals surface area (Å²) in [5.74, 6) is -0.478. The topological polar surface area (TPSA) is 58.2 Å². The second-order valence-corrected chi connectivity index (χ2v) is 4.59. The van der Waals surface area contributed by atoms with Crippen LogP contribution in [0.3, 0.4) is 0 Å². The largest absolute Gasteiger partial charge is 0.323 e. The molecule has 0 unspecified atom stereocenters. The molecule has 2 aromatic carbocycles. The third-order valence-electron chi connectivity index (χ3n) is 2.88. The zero-order chi connectivity index (χ0) is 15.2. The van der Waals surface area contributed by atoms with Gasteiger partial charge in [-0.05, 0) is 55.0 Å². The fraction of sp³-hybridized carbons (Fsp3) is 0.0588. The van der Waals surface area contributed by atoms with E-state index in [2.05, 4.69) is 17.2 Å². The quantitative estimate of drug-likeness (QED) is 0.844. The van der Waals surface area contributed by atoms with Crippen LogP contribution in [0.2, 0.25) is 0 Å². The lowest BCUT2D eigenvalue weighted by Crippen LogP contribution is -2.12. The van der Waals surface area contributed by atoms with Crippen LogP contribution in [-0.2, 0) is 4.79 Å². The Morgan fingerprint density at radius 3 is 2.33 bits per heavy atom. The van der Waals surface area contributed by atoms with Crippen molar-refractivity contribution in [2.24, 2.45) is 0 Å². The maximum absolute atomic E-state index is 12.1. The lowest BCUT2D eigenvalue weighted by atomic mass is 10.1. The first-order valence-electron chi connectivity index (χ1n) is 6.50. The maximum atomic E-state index is 12.1. The first kappa shape index (κ1) is 14.5. The summed E-state index contributed by atoms with van der Waals surface area (Å²) in [4.78, 5) is 23.3. The average molecular weight is 280 g/mol. The minimum Gasteiger partial charge on any atom is -0.323 e. The van der Waals surface area contributed by atoms with Crippen molar-refractivity contribution >= 4 is 23.2 Å². The number of rotatable bonds is 4. The zero-order valence-electron chi connectivity index (χ0n) is 11.7. The molecule has 4 nitrogen and oxygen atoms in total. The summed E-state index contributed by atoms with van der Waals surface area (Å²) >= 11 is 0. The van der Waals surface area contributed by atoms with Crippen molar-refractivity contribution in [3.05, 3.63) is 72.3 Å². The van der Waals surface area contributed by atoms with Crippen LogP contribution in [0.15, 0.2) is 61.2 Å². The molecular formula is C17H16N2O2. The fourth-order valence-corrected chi connectivity index (χ4v) is 1.82. The van der Waals surface area contributed by atoms with Gasteiger partial charge in [-0.15, -0.1) is 0 Å². The predicted octanol–water partition coefficient (Wildman–Crippen LogP) is 3.37. The molecule has 4 heteroatoms. The average Bonchev–Trinajstić information content (AvgIpc) is 2.47. The van der Waals surface area contributed by atoms with Crippen LogP contribution in [0.1, 0.15) is 15.9 Å². The van der Waals surface area contributed by atoms with Crippen molar-refractivity contribution in [1.82, 2.24) is 0 Å². The van der Waals surface area contributed by atoms with Crippen molar-refractivity contribution in [1.29, 1.82) is 0 Å². The van der Waals surface area contributed by atoms with Crippen LogP contribution in [0, 0.1) is 6.92 Å². The van der Waals surface area contributed by atoms with Gasteiger partial charge in [0.1, 0.15) is 0 Å². The van der Waals surface area contributed by atoms with Crippen molar-refractivity contribution < 1.29 is 9.59 Å². The summed E-state index contributed by atoms with van der Waals surface area (Å²) in [7, 11) is 0. The molecule has 2 N–H and O–H groups in total. The van der Waals surface area contributed by atoms with Gasteiger partial charge in [0, 0.05) is 16.9 Å². The van der Waals surface area contributed by atoms with E-state index in [-0.39, 0.29) is 11.8 Å². The van der Waals surface area contributed by atoms with Crippen LogP contribution in [0.5, 0.6) is 0 Å². The number of hydrogen-bond acceptors (Lipinski definition) is 2. The molecule has 0 fully saturated rings. The molecule has 0 radical (unpaired) electrons. The minimum atomic E-state index is -0.285. The Kier molecular flexibility index (Phi) is 4.51. The van der Waals surface area contributed by atoms with Gasteiger partial charge >= 0.3 is 0 Å². The van der Waals surface area contributed by atoms with E-state index in [4.69, 9.17) is 0 Å². The van der Waals surface area contributed by atoms with Crippen LogP contribution in [0.4, 0.5) is 11.4 Å². The number of carbonyl (C=O) groups excluding carboxylic acids is 2. The summed E-state index contributed by atoms with van der Waals surface area (Å²) in [6, 6.07) is 14.2. The Morgan fingerprint density at radius 1 is 1.00 bits per heavy atom. The number of hydrogen-bond donors (Lipinski definition) is 2. The Labute approximate surface area is 123 Å². The standard InChI is InChI=1S/C17H16N2O2/c1-3-16(20)18-14-9-7-13(8-10-14)17(21)19-15-6-4-5-12(2)11-15/h3-11H,1H2,2H3,(H,18,20)(H,19,21). The van der Waals surface area contributed by atoms with Gasteiger partial charge in [0.2, 0.25) is 5.91 Å². The van der Waals surface area contributed by atoms with Crippen molar-refractivity contribution in [3.63, 3.8) is 0 Å². The molecule has 0 aliphatic rings. The molecule has 2 rings (SSSR count). The fourth-order valence-electron chi connectivity index (χ4n) is 1.82. The van der Waals surface area contributed by atoms with Crippen LogP contribution >= 0.6 is 0 Å². The van der Waals surface area contributed by atoms with Crippen molar-refractivity contribution in [2.45, 2.75) is 6.92 Å². The molecular weight excluding hydrogens is 264 g/mol. The van der Waals surface area contributed by atoms with E-state index in [0.29, 0.717) is 11.3 Å². The predicted molar refractivity (Wildman–Crippen MR) is 84.4 cm³/mol. The van der Waals surface area contributed by atoms with Crippen molar-refractivity contribution in [3.8, 4) is 0 Å². The molecule has 0 saturated heterocycles. The van der Waals surface area contributed by atoms with Gasteiger partial charge in [0.15, 0.2) is 0 Å². The Bertz CT molecular complexity index is 675. The van der Waals surface area contributed by atoms with E-state index in [0.717, 1.165) is 11.3 Å². The van der Waals surface area contributed by atoms with E-state index >= 15 is 0 Å². The molecule has 2 amide bonds. The molecule has 0 saturated carbocycles. The smallest absolute Gasteiger partial charge is 0.255 e. The van der Waals surface area contributed by atoms with Crippen LogP contribution < -0.4 is 10.6 Å². The molecule has 0 spiro atoms. The molecule has 0 aromatic heterocycles. The van der Waals surface area contributed by atoms with Crippen molar-refractivity contribution in [2.75, 3.05) is 10.6 Å². The highest BCUT2D eigenvalue weighted by atomic mass is 16.2. The third kappa shape index (κ3) is 4.04. The monoisotopic (exact) mass is 280 g/mol. The summed E-state index contributed by atoms with van der Waals surface area (Å²) < 4.78 is 0. The normalized spacial score (nSPS) is 9.76. The van der Waals surface area contributed by atoms with E-state index in [1.807, 2.05) is 31.2 Å². The van der Waals surface area contributed by atoms with Crippen LogP contribution in [0.25, 0.3) is 0 Å². The summed E-state index contributed by atoms with van der Waals surface area (Å²) in [5, 5.41) is 5.45. The van der Waals surface area contributed by atoms with Gasteiger partial charge < -0.3 is 10.6 Å². The number of amides is 2. The third-order valence-corrected chi connectivity index (χ3v) is 2.88. The minimum absolute atomic E-state index is 0.192. The molecule has 2 aromatic rings. The number of benzene rings is 2. The highest BCUT2D eigenvalue weighted by Gasteiger charge is 2.06. The summed E-state index contributed by atoms with van der Waals surface area (Å²) in [5.41, 5.74) is 2.97. The number of aryl methyl sites for hydroxylation is 1. The Hall–Kier alpha value is -2.88. The second-order valence-electron chi connectivity index (χ2n) is 4.59. The molecule has 0 aliphatic heterocycles. The first-order chi connectivity index (χ1) is 10.1. The van der Waals surface area contributed by atoms with E-state index in [9.17, 15) is 9.59 Å². The Morgan fingerprint density at radius 2 is 1.71 bits per heavy atom. The van der Waals surface area contributed by atoms with E-state index in [1.54, 1.807) is 24.3 Å². The van der Waals surface area contributed by atoms with Gasteiger partial charge in [0.05, 0.1) is 0 Å². The molecule has 0 bridgehead atoms. The van der Waals surface area contributed by atoms with E-state index < -0.39 is 0 Å². The maximum Gasteiger partial charge on any atom is 0.255 e. The lowest BCUT2D eigenvalue weighted by Gasteiger charge is -2.07. The number of carbonyl (C=O) groups is 2. The number of nitrogens with one attached hydrogen (secondary N) is 2. The first-order valence-corrected chi connectivity index (χ1v) is 6.50. The molecule has 21 heavy (non-hydrogen) atoms. The number of anilines is 2. The van der Waals surface area contributed by atoms with Gasteiger partial charge in [0.25, 0.3) is 5.91 Å². The van der Waals surface area contributed by atoms with Gasteiger partial charge in [-0.3, -0.25) is 9.59 Å². The van der Waals surface area contributed by atoms with E-state index in [1.165, 1.54) is 6.08 Å². The van der Waals surface area contributed by atoms with Crippen LogP contribution in [-0.4, -0.2) is 11.8 Å². The Balaban J connectivity index is 2.06. The lowest BCUT2D eigenvalue weighted by molar-refractivity contribution is -0.111. The highest BCUT2D eigenvalue weighted by Crippen LogP contribution is 2.14. The highest BCUT2D eigenvalue weighted by molar-refractivity contribution is 6.05. The SMILES string of the molecule is C=CC(=O)Nc1ccc(C(=O)Nc2cccc(C)c2)cc1. The summed E-state index contributed by atoms with van der Waals surface area (Å²) in [6.45, 7) is 5.35. The molecule has 106 valence electrons. The zero-order valence-corrected chi connectivity index (χ0v) is 11.7. The molecule has 0 aliphatic carbocycles. The molecule has 0 heterocycles. The van der Waals surface area contributed by atoms with Gasteiger partial charge in [-0.2, -0.15) is 0 Å². The van der Waals surface area contributed by atoms with Gasteiger partial charge in [-0.1, -0.05) is 18.7 Å². The van der Waals surface area contributed by atoms with Gasteiger partial charge in [-0.25, -0.2) is 0 Å². The second kappa shape index (κ2) is 6.52.